The molecule has 2 N–H and O–H groups in total. The number of thiazole rings is 1. The van der Waals surface area contributed by atoms with E-state index < -0.39 is 0 Å². The molecule has 1 fully saturated rings. The predicted molar refractivity (Wildman–Crippen MR) is 60.9 cm³/mol. The average molecular weight is 227 g/mol. The van der Waals surface area contributed by atoms with E-state index in [9.17, 15) is 0 Å². The lowest BCUT2D eigenvalue weighted by atomic mass is 10.2. The zero-order valence-corrected chi connectivity index (χ0v) is 9.80. The van der Waals surface area contributed by atoms with Gasteiger partial charge in [0.1, 0.15) is 5.01 Å². The Kier molecular flexibility index (Phi) is 3.69. The molecular formula is C10H17N3OS. The summed E-state index contributed by atoms with van der Waals surface area (Å²) in [6, 6.07) is 0.350. The molecule has 0 saturated carbocycles. The lowest BCUT2D eigenvalue weighted by molar-refractivity contribution is -0.00795. The first kappa shape index (κ1) is 11.0. The monoisotopic (exact) mass is 227 g/mol. The number of ether oxygens (including phenoxy) is 1. The number of aromatic nitrogens is 1. The van der Waals surface area contributed by atoms with Crippen molar-refractivity contribution in [1.82, 2.24) is 9.88 Å². The third-order valence-corrected chi connectivity index (χ3v) is 3.58. The van der Waals surface area contributed by atoms with Crippen molar-refractivity contribution < 1.29 is 4.74 Å². The average Bonchev–Trinajstić information content (AvgIpc) is 2.65. The fraction of sp³-hybridized carbons (Fsp3) is 0.700. The van der Waals surface area contributed by atoms with Crippen LogP contribution in [0.5, 0.6) is 0 Å². The summed E-state index contributed by atoms with van der Waals surface area (Å²) in [5.74, 6) is 0. The summed E-state index contributed by atoms with van der Waals surface area (Å²) in [6.07, 6.45) is 0. The van der Waals surface area contributed by atoms with Gasteiger partial charge in [-0.1, -0.05) is 0 Å². The van der Waals surface area contributed by atoms with Gasteiger partial charge in [0, 0.05) is 30.2 Å². The Bertz CT molecular complexity index is 315. The van der Waals surface area contributed by atoms with Crippen molar-refractivity contribution in [2.45, 2.75) is 19.5 Å². The maximum absolute atomic E-state index is 5.71. The molecule has 0 spiro atoms. The smallest absolute Gasteiger partial charge is 0.107 e. The molecule has 1 saturated heterocycles. The Morgan fingerprint density at radius 3 is 3.27 bits per heavy atom. The van der Waals surface area contributed by atoms with Crippen molar-refractivity contribution in [3.63, 3.8) is 0 Å². The molecule has 15 heavy (non-hydrogen) atoms. The minimum Gasteiger partial charge on any atom is -0.378 e. The van der Waals surface area contributed by atoms with Gasteiger partial charge in [0.25, 0.3) is 0 Å². The molecule has 1 aromatic heterocycles. The molecule has 84 valence electrons. The van der Waals surface area contributed by atoms with Gasteiger partial charge >= 0.3 is 0 Å². The first-order valence-electron chi connectivity index (χ1n) is 5.22. The quantitative estimate of drug-likeness (QED) is 0.822. The lowest BCUT2D eigenvalue weighted by Crippen LogP contribution is -2.48. The van der Waals surface area contributed by atoms with Crippen LogP contribution in [0.25, 0.3) is 0 Å². The standard InChI is InChI=1S/C10H17N3OS/c1-8-7-15-10(12-8)5-13-2-3-14-6-9(13)4-11/h7,9H,2-6,11H2,1H3. The van der Waals surface area contributed by atoms with E-state index in [1.54, 1.807) is 11.3 Å². The molecular weight excluding hydrogens is 210 g/mol. The van der Waals surface area contributed by atoms with Crippen molar-refractivity contribution in [3.8, 4) is 0 Å². The zero-order valence-electron chi connectivity index (χ0n) is 8.98. The molecule has 5 heteroatoms. The van der Waals surface area contributed by atoms with E-state index in [1.807, 2.05) is 6.92 Å². The van der Waals surface area contributed by atoms with Crippen LogP contribution in [0.2, 0.25) is 0 Å². The molecule has 1 aromatic rings. The summed E-state index contributed by atoms with van der Waals surface area (Å²) in [5, 5.41) is 3.26. The van der Waals surface area contributed by atoms with Crippen molar-refractivity contribution >= 4 is 11.3 Å². The van der Waals surface area contributed by atoms with Crippen LogP contribution in [0.4, 0.5) is 0 Å². The van der Waals surface area contributed by atoms with E-state index in [1.165, 1.54) is 5.01 Å². The highest BCUT2D eigenvalue weighted by molar-refractivity contribution is 7.09. The van der Waals surface area contributed by atoms with Gasteiger partial charge in [0.2, 0.25) is 0 Å². The lowest BCUT2D eigenvalue weighted by Gasteiger charge is -2.34. The third-order valence-electron chi connectivity index (χ3n) is 2.63. The Morgan fingerprint density at radius 2 is 2.60 bits per heavy atom. The van der Waals surface area contributed by atoms with Crippen LogP contribution in [0.1, 0.15) is 10.7 Å². The predicted octanol–water partition coefficient (Wildman–Crippen LogP) is 0.611. The Balaban J connectivity index is 1.97. The molecule has 1 aliphatic heterocycles. The highest BCUT2D eigenvalue weighted by atomic mass is 32.1. The van der Waals surface area contributed by atoms with Gasteiger partial charge in [-0.2, -0.15) is 0 Å². The topological polar surface area (TPSA) is 51.4 Å². The molecule has 1 unspecified atom stereocenters. The van der Waals surface area contributed by atoms with Crippen LogP contribution in [0.15, 0.2) is 5.38 Å². The minimum atomic E-state index is 0.350. The molecule has 0 bridgehead atoms. The second kappa shape index (κ2) is 5.03. The number of morpholine rings is 1. The summed E-state index contributed by atoms with van der Waals surface area (Å²) in [4.78, 5) is 6.83. The van der Waals surface area contributed by atoms with E-state index in [-0.39, 0.29) is 0 Å². The van der Waals surface area contributed by atoms with Crippen LogP contribution in [-0.4, -0.2) is 42.2 Å². The molecule has 0 aromatic carbocycles. The highest BCUT2D eigenvalue weighted by Gasteiger charge is 2.22. The normalized spacial score (nSPS) is 23.2. The second-order valence-electron chi connectivity index (χ2n) is 3.82. The van der Waals surface area contributed by atoms with Gasteiger partial charge in [-0.25, -0.2) is 4.98 Å². The summed E-state index contributed by atoms with van der Waals surface area (Å²) in [5.41, 5.74) is 6.82. The zero-order chi connectivity index (χ0) is 10.7. The van der Waals surface area contributed by atoms with Gasteiger partial charge in [-0.05, 0) is 6.92 Å². The van der Waals surface area contributed by atoms with Gasteiger partial charge < -0.3 is 10.5 Å². The Morgan fingerprint density at radius 1 is 1.73 bits per heavy atom. The van der Waals surface area contributed by atoms with Crippen LogP contribution in [0, 0.1) is 6.92 Å². The largest absolute Gasteiger partial charge is 0.378 e. The summed E-state index contributed by atoms with van der Waals surface area (Å²) in [7, 11) is 0. The van der Waals surface area contributed by atoms with Crippen molar-refractivity contribution in [3.05, 3.63) is 16.1 Å². The number of rotatable bonds is 3. The van der Waals surface area contributed by atoms with Crippen LogP contribution < -0.4 is 5.73 Å². The number of nitrogens with zero attached hydrogens (tertiary/aromatic N) is 2. The third kappa shape index (κ3) is 2.75. The first-order chi connectivity index (χ1) is 7.29. The van der Waals surface area contributed by atoms with E-state index in [0.717, 1.165) is 32.0 Å². The molecule has 1 atom stereocenters. The summed E-state index contributed by atoms with van der Waals surface area (Å²) < 4.78 is 5.41. The summed E-state index contributed by atoms with van der Waals surface area (Å²) >= 11 is 1.72. The second-order valence-corrected chi connectivity index (χ2v) is 4.76. The van der Waals surface area contributed by atoms with E-state index in [4.69, 9.17) is 10.5 Å². The van der Waals surface area contributed by atoms with Crippen LogP contribution in [0.3, 0.4) is 0 Å². The molecule has 0 amide bonds. The van der Waals surface area contributed by atoms with Crippen molar-refractivity contribution in [2.75, 3.05) is 26.3 Å². The number of hydrogen-bond acceptors (Lipinski definition) is 5. The van der Waals surface area contributed by atoms with E-state index >= 15 is 0 Å². The van der Waals surface area contributed by atoms with Gasteiger partial charge in [-0.15, -0.1) is 11.3 Å². The molecule has 2 heterocycles. The van der Waals surface area contributed by atoms with Crippen molar-refractivity contribution in [2.24, 2.45) is 5.73 Å². The Hall–Kier alpha value is -0.490. The number of aryl methyl sites for hydroxylation is 1. The highest BCUT2D eigenvalue weighted by Crippen LogP contribution is 2.15. The fourth-order valence-corrected chi connectivity index (χ4v) is 2.56. The number of nitrogens with two attached hydrogens (primary N) is 1. The molecule has 1 aliphatic rings. The first-order valence-corrected chi connectivity index (χ1v) is 6.10. The SMILES string of the molecule is Cc1csc(CN2CCOCC2CN)n1. The van der Waals surface area contributed by atoms with E-state index in [2.05, 4.69) is 15.3 Å². The van der Waals surface area contributed by atoms with Crippen LogP contribution in [-0.2, 0) is 11.3 Å². The fourth-order valence-electron chi connectivity index (χ4n) is 1.76. The molecule has 0 radical (unpaired) electrons. The van der Waals surface area contributed by atoms with Crippen LogP contribution >= 0.6 is 11.3 Å². The van der Waals surface area contributed by atoms with Crippen molar-refractivity contribution in [1.29, 1.82) is 0 Å². The van der Waals surface area contributed by atoms with Gasteiger partial charge in [0.05, 0.1) is 19.8 Å². The van der Waals surface area contributed by atoms with E-state index in [0.29, 0.717) is 12.6 Å². The minimum absolute atomic E-state index is 0.350. The molecule has 0 aliphatic carbocycles. The maximum atomic E-state index is 5.71. The molecule has 4 nitrogen and oxygen atoms in total. The van der Waals surface area contributed by atoms with Gasteiger partial charge in [0.15, 0.2) is 0 Å². The van der Waals surface area contributed by atoms with Gasteiger partial charge in [-0.3, -0.25) is 4.90 Å². The maximum Gasteiger partial charge on any atom is 0.107 e. The Labute approximate surface area is 94.1 Å². The summed E-state index contributed by atoms with van der Waals surface area (Å²) in [6.45, 7) is 6.11. The molecule has 2 rings (SSSR count). The number of hydrogen-bond donors (Lipinski definition) is 1.